The summed E-state index contributed by atoms with van der Waals surface area (Å²) in [7, 11) is -1.23. The van der Waals surface area contributed by atoms with Crippen LogP contribution in [0.15, 0.2) is 35.4 Å². The Morgan fingerprint density at radius 2 is 2.00 bits per heavy atom. The molecular formula is C16H23B2FN3O9PS. The topological polar surface area (TPSA) is 189 Å². The fourth-order valence-corrected chi connectivity index (χ4v) is 7.78. The predicted octanol–water partition coefficient (Wildman–Crippen LogP) is -2.97. The molecule has 0 bridgehead atoms. The Bertz CT molecular complexity index is 1070. The minimum absolute atomic E-state index is 0.0223. The molecule has 0 saturated carbocycles. The van der Waals surface area contributed by atoms with Gasteiger partial charge in [0.25, 0.3) is 0 Å². The third kappa shape index (κ3) is 4.45. The van der Waals surface area contributed by atoms with Gasteiger partial charge in [-0.05, 0) is 0 Å². The number of nitrogens with zero attached hydrogens (tertiary/aromatic N) is 1. The molecule has 17 heteroatoms. The molecule has 1 aliphatic rings. The van der Waals surface area contributed by atoms with Gasteiger partial charge in [-0.3, -0.25) is 0 Å². The number of anilines is 1. The van der Waals surface area contributed by atoms with Gasteiger partial charge in [-0.2, -0.15) is 0 Å². The van der Waals surface area contributed by atoms with Crippen molar-refractivity contribution in [1.29, 1.82) is 0 Å². The number of carbonyl (C=O) groups excluding carboxylic acids is 1. The van der Waals surface area contributed by atoms with Gasteiger partial charge < -0.3 is 0 Å². The van der Waals surface area contributed by atoms with Gasteiger partial charge in [0, 0.05) is 0 Å². The van der Waals surface area contributed by atoms with Gasteiger partial charge in [-0.25, -0.2) is 4.39 Å². The molecule has 0 radical (unpaired) electrons. The van der Waals surface area contributed by atoms with Crippen molar-refractivity contribution in [1.82, 2.24) is 9.29 Å². The standard InChI is InChI=1S/C16H23B2FN3O9PS/c1-8-5-9(3-4-11(8)19)20-13(23)12-6-10(7-22(12)2)33(29)21-14(16(25,26)27)15(17,24)30-31-32(14,18)28/h3-7,21,24-28,32H,17-18H2,1-2H3,(H,20,23). The molecule has 2 heterocycles. The van der Waals surface area contributed by atoms with E-state index in [1.807, 2.05) is 0 Å². The fraction of sp³-hybridized carbons (Fsp3) is 0.312. The summed E-state index contributed by atoms with van der Waals surface area (Å²) in [6.45, 7) is 1.53. The zero-order valence-electron chi connectivity index (χ0n) is 18.0. The Balaban J connectivity index is 1.89. The molecule has 0 aliphatic carbocycles. The van der Waals surface area contributed by atoms with Crippen molar-refractivity contribution < 1.29 is 48.6 Å². The normalized spacial score (nSPS) is 26.7. The summed E-state index contributed by atoms with van der Waals surface area (Å²) in [6, 6.07) is 5.18. The molecule has 3 unspecified atom stereocenters. The number of aromatic nitrogens is 1. The molecular weight excluding hydrogens is 482 g/mol. The van der Waals surface area contributed by atoms with Crippen molar-refractivity contribution >= 4 is 46.0 Å². The molecule has 1 saturated heterocycles. The van der Waals surface area contributed by atoms with E-state index in [-0.39, 0.29) is 10.6 Å². The van der Waals surface area contributed by atoms with Gasteiger partial charge in [-0.1, -0.05) is 0 Å². The van der Waals surface area contributed by atoms with Gasteiger partial charge in [-0.15, -0.1) is 0 Å². The third-order valence-corrected chi connectivity index (χ3v) is 9.40. The minimum atomic E-state index is -4.52. The van der Waals surface area contributed by atoms with E-state index in [1.165, 1.54) is 49.0 Å². The van der Waals surface area contributed by atoms with Crippen LogP contribution < -0.4 is 10.0 Å². The summed E-state index contributed by atoms with van der Waals surface area (Å²) in [5.74, 6) is -4.90. The van der Waals surface area contributed by atoms with Gasteiger partial charge in [0.1, 0.15) is 0 Å². The van der Waals surface area contributed by atoms with Crippen molar-refractivity contribution in [2.75, 3.05) is 5.32 Å². The first-order valence-electron chi connectivity index (χ1n) is 9.44. The number of amides is 1. The van der Waals surface area contributed by atoms with Gasteiger partial charge in [0.2, 0.25) is 0 Å². The van der Waals surface area contributed by atoms with Gasteiger partial charge in [0.15, 0.2) is 0 Å². The molecule has 2 aromatic rings. The van der Waals surface area contributed by atoms with Crippen LogP contribution in [0.3, 0.4) is 0 Å². The SMILES string of the molecule is BC1(O)OO[PH](B)(O)C1(N[S+]([O-])c1cc(C(=O)Nc2ccc(F)c(C)c2)n(C)c1)C(O)(O)O. The second-order valence-electron chi connectivity index (χ2n) is 7.98. The number of hydrogen-bond acceptors (Lipinski definition) is 10. The predicted molar refractivity (Wildman–Crippen MR) is 121 cm³/mol. The molecule has 3 rings (SSSR count). The molecule has 1 fully saturated rings. The first kappa shape index (κ1) is 26.1. The number of aliphatic hydroxyl groups is 4. The Morgan fingerprint density at radius 1 is 1.36 bits per heavy atom. The Kier molecular flexibility index (Phi) is 6.78. The number of rotatable bonds is 6. The van der Waals surface area contributed by atoms with E-state index >= 15 is 0 Å². The van der Waals surface area contributed by atoms with Crippen molar-refractivity contribution in [3.63, 3.8) is 0 Å². The summed E-state index contributed by atoms with van der Waals surface area (Å²) < 4.78 is 34.6. The monoisotopic (exact) mass is 505 g/mol. The fourth-order valence-electron chi connectivity index (χ4n) is 3.57. The van der Waals surface area contributed by atoms with E-state index in [0.29, 0.717) is 11.3 Å². The second kappa shape index (κ2) is 8.59. The first-order valence-corrected chi connectivity index (χ1v) is 12.9. The summed E-state index contributed by atoms with van der Waals surface area (Å²) in [5, 5.41) is 40.0. The van der Waals surface area contributed by atoms with Crippen LogP contribution in [0.1, 0.15) is 16.1 Å². The van der Waals surface area contributed by atoms with Crippen LogP contribution in [0.25, 0.3) is 0 Å². The average Bonchev–Trinajstić information content (AvgIpc) is 3.15. The summed E-state index contributed by atoms with van der Waals surface area (Å²) in [4.78, 5) is 27.7. The van der Waals surface area contributed by atoms with Crippen molar-refractivity contribution in [2.45, 2.75) is 28.8 Å². The number of aryl methyl sites for hydroxylation is 2. The summed E-state index contributed by atoms with van der Waals surface area (Å²) in [5.41, 5.74) is -2.06. The zero-order valence-corrected chi connectivity index (χ0v) is 19.8. The molecule has 1 amide bonds. The number of nitrogens with one attached hydrogen (secondary N) is 2. The molecule has 1 aromatic heterocycles. The summed E-state index contributed by atoms with van der Waals surface area (Å²) in [6.07, 6.45) is 1.26. The molecule has 1 aromatic carbocycles. The quantitative estimate of drug-likeness (QED) is 0.0702. The molecule has 12 nitrogen and oxygen atoms in total. The van der Waals surface area contributed by atoms with Crippen LogP contribution in [-0.2, 0) is 28.0 Å². The van der Waals surface area contributed by atoms with E-state index in [4.69, 9.17) is 0 Å². The van der Waals surface area contributed by atoms with E-state index < -0.39 is 47.6 Å². The molecule has 33 heavy (non-hydrogen) atoms. The number of carbonyl (C=O) groups is 1. The van der Waals surface area contributed by atoms with Crippen LogP contribution >= 0.6 is 7.59 Å². The molecule has 0 spiro atoms. The molecule has 3 atom stereocenters. The van der Waals surface area contributed by atoms with E-state index in [2.05, 4.69) is 19.6 Å². The van der Waals surface area contributed by atoms with E-state index in [1.54, 1.807) is 0 Å². The summed E-state index contributed by atoms with van der Waals surface area (Å²) >= 11 is -2.44. The van der Waals surface area contributed by atoms with Crippen LogP contribution in [0.5, 0.6) is 0 Å². The Labute approximate surface area is 192 Å². The van der Waals surface area contributed by atoms with Gasteiger partial charge >= 0.3 is 188 Å². The molecule has 1 aliphatic heterocycles. The van der Waals surface area contributed by atoms with Crippen LogP contribution in [-0.4, -0.2) is 72.7 Å². The molecule has 180 valence electrons. The Morgan fingerprint density at radius 3 is 2.52 bits per heavy atom. The maximum absolute atomic E-state index is 13.4. The van der Waals surface area contributed by atoms with Crippen LogP contribution in [0, 0.1) is 12.7 Å². The number of benzene rings is 1. The number of halogens is 1. The van der Waals surface area contributed by atoms with Crippen LogP contribution in [0.4, 0.5) is 10.1 Å². The van der Waals surface area contributed by atoms with Crippen molar-refractivity contribution in [3.8, 4) is 0 Å². The first-order chi connectivity index (χ1) is 15.0. The van der Waals surface area contributed by atoms with E-state index in [9.17, 15) is 39.1 Å². The Hall–Kier alpha value is -1.55. The average molecular weight is 505 g/mol. The number of hydrogen-bond donors (Lipinski definition) is 7. The molecule has 7 N–H and O–H groups in total. The van der Waals surface area contributed by atoms with Crippen molar-refractivity contribution in [3.05, 3.63) is 47.5 Å². The second-order valence-corrected chi connectivity index (χ2v) is 12.1. The van der Waals surface area contributed by atoms with Crippen LogP contribution in [0.2, 0.25) is 0 Å². The van der Waals surface area contributed by atoms with Crippen molar-refractivity contribution in [2.24, 2.45) is 7.05 Å². The van der Waals surface area contributed by atoms with Gasteiger partial charge in [0.05, 0.1) is 0 Å². The third-order valence-electron chi connectivity index (χ3n) is 5.35. The maximum atomic E-state index is 13.4. The zero-order chi connectivity index (χ0) is 25.0. The van der Waals surface area contributed by atoms with E-state index in [0.717, 1.165) is 15.4 Å².